The number of hydrogen-bond donors (Lipinski definition) is 1. The van der Waals surface area contributed by atoms with Crippen molar-refractivity contribution < 1.29 is 0 Å². The van der Waals surface area contributed by atoms with E-state index in [0.29, 0.717) is 0 Å². The lowest BCUT2D eigenvalue weighted by Crippen LogP contribution is -2.12. The van der Waals surface area contributed by atoms with Gasteiger partial charge in [-0.3, -0.25) is 0 Å². The van der Waals surface area contributed by atoms with Crippen molar-refractivity contribution >= 4 is 22.9 Å². The molecule has 0 saturated heterocycles. The van der Waals surface area contributed by atoms with Gasteiger partial charge in [-0.25, -0.2) is 0 Å². The minimum Gasteiger partial charge on any atom is -0.320 e. The summed E-state index contributed by atoms with van der Waals surface area (Å²) in [7, 11) is 0. The van der Waals surface area contributed by atoms with Crippen molar-refractivity contribution in [2.45, 2.75) is 33.7 Å². The highest BCUT2D eigenvalue weighted by Gasteiger charge is 2.15. The van der Waals surface area contributed by atoms with Gasteiger partial charge in [0.1, 0.15) is 0 Å². The van der Waals surface area contributed by atoms with Gasteiger partial charge in [0.15, 0.2) is 0 Å². The van der Waals surface area contributed by atoms with Crippen molar-refractivity contribution in [3.05, 3.63) is 55.2 Å². The van der Waals surface area contributed by atoms with Gasteiger partial charge in [0.25, 0.3) is 0 Å². The second-order valence-electron chi connectivity index (χ2n) is 4.82. The van der Waals surface area contributed by atoms with Gasteiger partial charge in [0.05, 0.1) is 6.04 Å². The standard InChI is InChI=1S/C15H18ClNS/c1-8-7-14(18-11(8)4)15(17)12-5-10(3)13(16)6-9(12)2/h5-7,15H,17H2,1-4H3. The molecule has 1 unspecified atom stereocenters. The first-order valence-electron chi connectivity index (χ1n) is 5.99. The molecule has 0 aliphatic heterocycles. The molecule has 0 aliphatic rings. The van der Waals surface area contributed by atoms with Gasteiger partial charge < -0.3 is 5.73 Å². The minimum atomic E-state index is -0.0571. The third-order valence-corrected chi connectivity index (χ3v) is 5.02. The maximum atomic E-state index is 6.39. The highest BCUT2D eigenvalue weighted by atomic mass is 35.5. The molecule has 0 fully saturated rings. The summed E-state index contributed by atoms with van der Waals surface area (Å²) in [5, 5.41) is 0.807. The predicted octanol–water partition coefficient (Wildman–Crippen LogP) is 4.68. The van der Waals surface area contributed by atoms with E-state index in [-0.39, 0.29) is 6.04 Å². The van der Waals surface area contributed by atoms with E-state index >= 15 is 0 Å². The predicted molar refractivity (Wildman–Crippen MR) is 80.7 cm³/mol. The van der Waals surface area contributed by atoms with Gasteiger partial charge >= 0.3 is 0 Å². The Balaban J connectivity index is 2.45. The summed E-state index contributed by atoms with van der Waals surface area (Å²) in [6.07, 6.45) is 0. The van der Waals surface area contributed by atoms with Crippen molar-refractivity contribution in [3.8, 4) is 0 Å². The van der Waals surface area contributed by atoms with Crippen LogP contribution >= 0.6 is 22.9 Å². The molecule has 3 heteroatoms. The molecule has 0 bridgehead atoms. The molecule has 0 radical (unpaired) electrons. The highest BCUT2D eigenvalue weighted by molar-refractivity contribution is 7.12. The highest BCUT2D eigenvalue weighted by Crippen LogP contribution is 2.32. The van der Waals surface area contributed by atoms with Gasteiger partial charge in [-0.1, -0.05) is 17.7 Å². The molecule has 1 aromatic heterocycles. The van der Waals surface area contributed by atoms with E-state index in [1.54, 1.807) is 11.3 Å². The summed E-state index contributed by atoms with van der Waals surface area (Å²) < 4.78 is 0. The summed E-state index contributed by atoms with van der Waals surface area (Å²) in [4.78, 5) is 2.55. The number of rotatable bonds is 2. The van der Waals surface area contributed by atoms with Crippen LogP contribution in [0.15, 0.2) is 18.2 Å². The summed E-state index contributed by atoms with van der Waals surface area (Å²) in [5.41, 5.74) is 11.1. The van der Waals surface area contributed by atoms with Crippen molar-refractivity contribution in [2.75, 3.05) is 0 Å². The first-order chi connectivity index (χ1) is 8.40. The largest absolute Gasteiger partial charge is 0.320 e. The van der Waals surface area contributed by atoms with E-state index in [9.17, 15) is 0 Å². The topological polar surface area (TPSA) is 26.0 Å². The molecule has 0 saturated carbocycles. The Labute approximate surface area is 118 Å². The second-order valence-corrected chi connectivity index (χ2v) is 6.52. The average molecular weight is 280 g/mol. The van der Waals surface area contributed by atoms with E-state index in [1.807, 2.05) is 13.0 Å². The Morgan fingerprint density at radius 1 is 1.00 bits per heavy atom. The van der Waals surface area contributed by atoms with Crippen LogP contribution in [0.5, 0.6) is 0 Å². The number of nitrogens with two attached hydrogens (primary N) is 1. The fraction of sp³-hybridized carbons (Fsp3) is 0.333. The summed E-state index contributed by atoms with van der Waals surface area (Å²) >= 11 is 7.91. The van der Waals surface area contributed by atoms with Crippen LogP contribution in [-0.4, -0.2) is 0 Å². The molecule has 18 heavy (non-hydrogen) atoms. The van der Waals surface area contributed by atoms with Crippen molar-refractivity contribution in [1.29, 1.82) is 0 Å². The molecule has 1 heterocycles. The molecule has 2 N–H and O–H groups in total. The molecule has 0 aliphatic carbocycles. The molecule has 1 atom stereocenters. The molecule has 1 nitrogen and oxygen atoms in total. The normalized spacial score (nSPS) is 12.8. The Bertz CT molecular complexity index is 567. The third-order valence-electron chi connectivity index (χ3n) is 3.37. The quantitative estimate of drug-likeness (QED) is 0.848. The molecular formula is C15H18ClNS. The number of benzene rings is 1. The maximum Gasteiger partial charge on any atom is 0.0648 e. The smallest absolute Gasteiger partial charge is 0.0648 e. The number of hydrogen-bond acceptors (Lipinski definition) is 2. The zero-order valence-electron chi connectivity index (χ0n) is 11.2. The summed E-state index contributed by atoms with van der Waals surface area (Å²) in [6.45, 7) is 8.34. The zero-order chi connectivity index (χ0) is 13.4. The van der Waals surface area contributed by atoms with Gasteiger partial charge in [-0.2, -0.15) is 0 Å². The first-order valence-corrected chi connectivity index (χ1v) is 7.18. The van der Waals surface area contributed by atoms with Crippen LogP contribution in [-0.2, 0) is 0 Å². The maximum absolute atomic E-state index is 6.39. The van der Waals surface area contributed by atoms with E-state index < -0.39 is 0 Å². The van der Waals surface area contributed by atoms with Crippen LogP contribution in [0.3, 0.4) is 0 Å². The summed E-state index contributed by atoms with van der Waals surface area (Å²) in [6, 6.07) is 6.23. The van der Waals surface area contributed by atoms with Crippen LogP contribution in [0.1, 0.15) is 38.0 Å². The Morgan fingerprint density at radius 3 is 2.22 bits per heavy atom. The lowest BCUT2D eigenvalue weighted by Gasteiger charge is -2.15. The summed E-state index contributed by atoms with van der Waals surface area (Å²) in [5.74, 6) is 0. The van der Waals surface area contributed by atoms with Gasteiger partial charge in [0.2, 0.25) is 0 Å². The number of halogens is 1. The fourth-order valence-corrected chi connectivity index (χ4v) is 3.33. The SMILES string of the molecule is Cc1cc(C(N)c2cc(C)c(C)s2)c(C)cc1Cl. The number of thiophene rings is 1. The Kier molecular flexibility index (Phi) is 3.81. The molecule has 0 amide bonds. The van der Waals surface area contributed by atoms with Crippen LogP contribution in [0.4, 0.5) is 0 Å². The number of aryl methyl sites for hydroxylation is 4. The van der Waals surface area contributed by atoms with E-state index in [4.69, 9.17) is 17.3 Å². The van der Waals surface area contributed by atoms with Gasteiger partial charge in [0, 0.05) is 14.8 Å². The molecular weight excluding hydrogens is 262 g/mol. The van der Waals surface area contributed by atoms with Crippen LogP contribution < -0.4 is 5.73 Å². The molecule has 2 aromatic rings. The van der Waals surface area contributed by atoms with Crippen molar-refractivity contribution in [2.24, 2.45) is 5.73 Å². The van der Waals surface area contributed by atoms with E-state index in [0.717, 1.165) is 21.7 Å². The lowest BCUT2D eigenvalue weighted by atomic mass is 9.98. The van der Waals surface area contributed by atoms with Crippen LogP contribution in [0.25, 0.3) is 0 Å². The van der Waals surface area contributed by atoms with Crippen LogP contribution in [0, 0.1) is 27.7 Å². The molecule has 0 spiro atoms. The van der Waals surface area contributed by atoms with Crippen molar-refractivity contribution in [1.82, 2.24) is 0 Å². The van der Waals surface area contributed by atoms with Gasteiger partial charge in [-0.15, -0.1) is 11.3 Å². The second kappa shape index (κ2) is 5.04. The monoisotopic (exact) mass is 279 g/mol. The Hall–Kier alpha value is -0.830. The molecule has 96 valence electrons. The first kappa shape index (κ1) is 13.6. The Morgan fingerprint density at radius 2 is 1.67 bits per heavy atom. The van der Waals surface area contributed by atoms with Crippen LogP contribution in [0.2, 0.25) is 5.02 Å². The fourth-order valence-electron chi connectivity index (χ4n) is 2.05. The third kappa shape index (κ3) is 2.46. The van der Waals surface area contributed by atoms with E-state index in [2.05, 4.69) is 32.9 Å². The lowest BCUT2D eigenvalue weighted by molar-refractivity contribution is 0.879. The molecule has 1 aromatic carbocycles. The molecule has 2 rings (SSSR count). The van der Waals surface area contributed by atoms with E-state index in [1.165, 1.54) is 15.3 Å². The van der Waals surface area contributed by atoms with Crippen molar-refractivity contribution in [3.63, 3.8) is 0 Å². The average Bonchev–Trinajstić information content (AvgIpc) is 2.63. The van der Waals surface area contributed by atoms with Gasteiger partial charge in [-0.05, 0) is 62.1 Å². The zero-order valence-corrected chi connectivity index (χ0v) is 12.7. The minimum absolute atomic E-state index is 0.0571.